The van der Waals surface area contributed by atoms with E-state index in [1.165, 1.54) is 42.5 Å². The van der Waals surface area contributed by atoms with Gasteiger partial charge in [0.25, 0.3) is 11.7 Å². The zero-order chi connectivity index (χ0) is 13.8. The Balaban J connectivity index is 2.14. The molecule has 0 aliphatic heterocycles. The predicted octanol–water partition coefficient (Wildman–Crippen LogP) is 3.30. The molecule has 19 heavy (non-hydrogen) atoms. The lowest BCUT2D eigenvalue weighted by atomic mass is 10.1. The molecular weight excluding hydrogens is 269 g/mol. The monoisotopic (exact) mass is 277 g/mol. The highest BCUT2D eigenvalue weighted by molar-refractivity contribution is 6.46. The topological polar surface area (TPSA) is 46.2 Å². The van der Waals surface area contributed by atoms with Crippen LogP contribution >= 0.6 is 11.6 Å². The number of hydrogen-bond donors (Lipinski definition) is 1. The van der Waals surface area contributed by atoms with Gasteiger partial charge in [0.05, 0.1) is 5.69 Å². The SMILES string of the molecule is O=C(Nc1ccccc1F)C(=O)c1ccc(Cl)cc1. The number of carbonyl (C=O) groups is 2. The zero-order valence-corrected chi connectivity index (χ0v) is 10.4. The van der Waals surface area contributed by atoms with E-state index in [-0.39, 0.29) is 11.3 Å². The Morgan fingerprint density at radius 2 is 1.63 bits per heavy atom. The van der Waals surface area contributed by atoms with Crippen LogP contribution in [0.15, 0.2) is 48.5 Å². The minimum atomic E-state index is -0.896. The van der Waals surface area contributed by atoms with Crippen molar-refractivity contribution >= 4 is 29.0 Å². The maximum atomic E-state index is 13.3. The highest BCUT2D eigenvalue weighted by atomic mass is 35.5. The van der Waals surface area contributed by atoms with Crippen LogP contribution in [0.25, 0.3) is 0 Å². The normalized spacial score (nSPS) is 10.0. The number of anilines is 1. The Morgan fingerprint density at radius 3 is 2.26 bits per heavy atom. The molecule has 96 valence electrons. The third-order valence-electron chi connectivity index (χ3n) is 2.43. The van der Waals surface area contributed by atoms with Gasteiger partial charge in [0.2, 0.25) is 0 Å². The number of nitrogens with one attached hydrogen (secondary N) is 1. The molecule has 1 amide bonds. The van der Waals surface area contributed by atoms with E-state index in [4.69, 9.17) is 11.6 Å². The molecule has 0 atom stereocenters. The molecule has 0 radical (unpaired) electrons. The van der Waals surface area contributed by atoms with Gasteiger partial charge in [-0.1, -0.05) is 23.7 Å². The summed E-state index contributed by atoms with van der Waals surface area (Å²) in [6.45, 7) is 0. The van der Waals surface area contributed by atoms with Crippen LogP contribution in [0.5, 0.6) is 0 Å². The van der Waals surface area contributed by atoms with Gasteiger partial charge in [-0.3, -0.25) is 9.59 Å². The summed E-state index contributed by atoms with van der Waals surface area (Å²) >= 11 is 5.69. The van der Waals surface area contributed by atoms with E-state index < -0.39 is 17.5 Å². The van der Waals surface area contributed by atoms with E-state index in [9.17, 15) is 14.0 Å². The first-order valence-corrected chi connectivity index (χ1v) is 5.81. The third kappa shape index (κ3) is 3.17. The molecule has 0 aliphatic carbocycles. The molecule has 2 aromatic carbocycles. The van der Waals surface area contributed by atoms with Crippen LogP contribution in [-0.2, 0) is 4.79 Å². The van der Waals surface area contributed by atoms with Gasteiger partial charge < -0.3 is 5.32 Å². The Kier molecular flexibility index (Phi) is 3.92. The lowest BCUT2D eigenvalue weighted by Crippen LogP contribution is -2.23. The molecule has 0 saturated carbocycles. The van der Waals surface area contributed by atoms with Gasteiger partial charge in [0, 0.05) is 10.6 Å². The summed E-state index contributed by atoms with van der Waals surface area (Å²) in [5.41, 5.74) is 0.160. The number of hydrogen-bond acceptors (Lipinski definition) is 2. The maximum absolute atomic E-state index is 13.3. The summed E-state index contributed by atoms with van der Waals surface area (Å²) in [5.74, 6) is -2.24. The first kappa shape index (κ1) is 13.2. The lowest BCUT2D eigenvalue weighted by molar-refractivity contribution is -0.112. The highest BCUT2D eigenvalue weighted by Gasteiger charge is 2.17. The van der Waals surface area contributed by atoms with Crippen molar-refractivity contribution in [2.45, 2.75) is 0 Å². The van der Waals surface area contributed by atoms with E-state index in [0.717, 1.165) is 0 Å². The number of carbonyl (C=O) groups excluding carboxylic acids is 2. The fourth-order valence-corrected chi connectivity index (χ4v) is 1.60. The van der Waals surface area contributed by atoms with Gasteiger partial charge in [-0.25, -0.2) is 4.39 Å². The van der Waals surface area contributed by atoms with Crippen molar-refractivity contribution in [1.29, 1.82) is 0 Å². The minimum Gasteiger partial charge on any atom is -0.317 e. The summed E-state index contributed by atoms with van der Waals surface area (Å²) in [7, 11) is 0. The van der Waals surface area contributed by atoms with Crippen molar-refractivity contribution in [3.63, 3.8) is 0 Å². The summed E-state index contributed by atoms with van der Waals surface area (Å²) < 4.78 is 13.3. The minimum absolute atomic E-state index is 0.0326. The third-order valence-corrected chi connectivity index (χ3v) is 2.69. The second kappa shape index (κ2) is 5.63. The first-order chi connectivity index (χ1) is 9.08. The zero-order valence-electron chi connectivity index (χ0n) is 9.69. The molecule has 0 aromatic heterocycles. The fraction of sp³-hybridized carbons (Fsp3) is 0. The largest absolute Gasteiger partial charge is 0.317 e. The quantitative estimate of drug-likeness (QED) is 0.691. The maximum Gasteiger partial charge on any atom is 0.296 e. The molecule has 1 N–H and O–H groups in total. The van der Waals surface area contributed by atoms with Crippen molar-refractivity contribution in [3.8, 4) is 0 Å². The lowest BCUT2D eigenvalue weighted by Gasteiger charge is -2.05. The Labute approximate surface area is 114 Å². The summed E-state index contributed by atoms with van der Waals surface area (Å²) in [5, 5.41) is 2.69. The van der Waals surface area contributed by atoms with Crippen LogP contribution in [0.2, 0.25) is 5.02 Å². The van der Waals surface area contributed by atoms with Crippen LogP contribution in [0, 0.1) is 5.82 Å². The van der Waals surface area contributed by atoms with Crippen molar-refractivity contribution in [2.75, 3.05) is 5.32 Å². The number of amides is 1. The van der Waals surface area contributed by atoms with Crippen LogP contribution in [0.1, 0.15) is 10.4 Å². The second-order valence-electron chi connectivity index (χ2n) is 3.77. The fourth-order valence-electron chi connectivity index (χ4n) is 1.47. The molecule has 0 bridgehead atoms. The van der Waals surface area contributed by atoms with Crippen molar-refractivity contribution in [2.24, 2.45) is 0 Å². The summed E-state index contributed by atoms with van der Waals surface area (Å²) in [6.07, 6.45) is 0. The van der Waals surface area contributed by atoms with E-state index in [1.54, 1.807) is 6.07 Å². The van der Waals surface area contributed by atoms with E-state index in [2.05, 4.69) is 5.32 Å². The Bertz CT molecular complexity index is 626. The number of benzene rings is 2. The Hall–Kier alpha value is -2.20. The number of para-hydroxylation sites is 1. The average molecular weight is 278 g/mol. The predicted molar refractivity (Wildman–Crippen MR) is 70.8 cm³/mol. The number of Topliss-reactive ketones (excluding diaryl/α,β-unsaturated/α-hetero) is 1. The molecule has 0 spiro atoms. The second-order valence-corrected chi connectivity index (χ2v) is 4.21. The van der Waals surface area contributed by atoms with Crippen LogP contribution in [-0.4, -0.2) is 11.7 Å². The Morgan fingerprint density at radius 1 is 1.00 bits per heavy atom. The highest BCUT2D eigenvalue weighted by Crippen LogP contribution is 2.14. The number of rotatable bonds is 3. The first-order valence-electron chi connectivity index (χ1n) is 5.43. The number of ketones is 1. The van der Waals surface area contributed by atoms with Crippen molar-refractivity contribution < 1.29 is 14.0 Å². The molecule has 3 nitrogen and oxygen atoms in total. The van der Waals surface area contributed by atoms with Gasteiger partial charge in [0.15, 0.2) is 0 Å². The molecule has 2 rings (SSSR count). The molecule has 5 heteroatoms. The van der Waals surface area contributed by atoms with Crippen LogP contribution in [0.4, 0.5) is 10.1 Å². The molecule has 0 fully saturated rings. The number of halogens is 2. The van der Waals surface area contributed by atoms with Gasteiger partial charge >= 0.3 is 0 Å². The van der Waals surface area contributed by atoms with Crippen LogP contribution in [0.3, 0.4) is 0 Å². The molecule has 2 aromatic rings. The summed E-state index contributed by atoms with van der Waals surface area (Å²) in [6, 6.07) is 11.5. The molecular formula is C14H9ClFNO2. The van der Waals surface area contributed by atoms with Crippen LogP contribution < -0.4 is 5.32 Å². The summed E-state index contributed by atoms with van der Waals surface area (Å²) in [4.78, 5) is 23.5. The smallest absolute Gasteiger partial charge is 0.296 e. The van der Waals surface area contributed by atoms with E-state index >= 15 is 0 Å². The average Bonchev–Trinajstić information content (AvgIpc) is 2.41. The van der Waals surface area contributed by atoms with Gasteiger partial charge in [-0.15, -0.1) is 0 Å². The van der Waals surface area contributed by atoms with Gasteiger partial charge in [-0.2, -0.15) is 0 Å². The van der Waals surface area contributed by atoms with Gasteiger partial charge in [0.1, 0.15) is 5.82 Å². The van der Waals surface area contributed by atoms with E-state index in [1.807, 2.05) is 0 Å². The van der Waals surface area contributed by atoms with Crippen molar-refractivity contribution in [1.82, 2.24) is 0 Å². The molecule has 0 saturated heterocycles. The van der Waals surface area contributed by atoms with Gasteiger partial charge in [-0.05, 0) is 36.4 Å². The molecule has 0 aliphatic rings. The van der Waals surface area contributed by atoms with E-state index in [0.29, 0.717) is 5.02 Å². The molecule has 0 heterocycles. The molecule has 0 unspecified atom stereocenters. The van der Waals surface area contributed by atoms with Crippen molar-refractivity contribution in [3.05, 3.63) is 64.9 Å². The standard InChI is InChI=1S/C14H9ClFNO2/c15-10-7-5-9(6-8-10)13(18)14(19)17-12-4-2-1-3-11(12)16/h1-8H,(H,17,19).